The van der Waals surface area contributed by atoms with Crippen LogP contribution in [0, 0.1) is 17.3 Å². The summed E-state index contributed by atoms with van der Waals surface area (Å²) in [5, 5.41) is 11.0. The van der Waals surface area contributed by atoms with Crippen LogP contribution in [0.5, 0.6) is 0 Å². The van der Waals surface area contributed by atoms with Crippen LogP contribution in [0.15, 0.2) is 23.3 Å². The van der Waals surface area contributed by atoms with Gasteiger partial charge >= 0.3 is 5.97 Å². The van der Waals surface area contributed by atoms with E-state index in [0.29, 0.717) is 12.3 Å². The number of rotatable bonds is 4. The van der Waals surface area contributed by atoms with Crippen LogP contribution >= 0.6 is 0 Å². The highest BCUT2D eigenvalue weighted by Gasteiger charge is 2.54. The first-order valence-corrected chi connectivity index (χ1v) is 9.41. The quantitative estimate of drug-likeness (QED) is 0.456. The highest BCUT2D eigenvalue weighted by molar-refractivity contribution is 5.82. The minimum absolute atomic E-state index is 0.0407. The molecule has 2 rings (SSSR count). The summed E-state index contributed by atoms with van der Waals surface area (Å²) in [4.78, 5) is 12.3. The van der Waals surface area contributed by atoms with Gasteiger partial charge in [-0.1, -0.05) is 44.9 Å². The van der Waals surface area contributed by atoms with E-state index in [4.69, 9.17) is 4.74 Å². The molecule has 0 spiro atoms. The lowest BCUT2D eigenvalue weighted by atomic mass is 9.54. The van der Waals surface area contributed by atoms with Crippen molar-refractivity contribution < 1.29 is 14.6 Å². The number of carbonyl (C=O) groups is 1. The van der Waals surface area contributed by atoms with Crippen molar-refractivity contribution in [3.63, 3.8) is 0 Å². The SMILES string of the molecule is CCC(C)=CC(=O)OC1CCC(C)(O)C2C=C(C(C)C)CCC12C. The molecule has 3 heteroatoms. The lowest BCUT2D eigenvalue weighted by molar-refractivity contribution is -0.175. The van der Waals surface area contributed by atoms with E-state index in [-0.39, 0.29) is 23.4 Å². The summed E-state index contributed by atoms with van der Waals surface area (Å²) in [7, 11) is 0. The van der Waals surface area contributed by atoms with Crippen LogP contribution in [0.4, 0.5) is 0 Å². The number of carbonyl (C=O) groups excluding carboxylic acids is 1. The fraction of sp³-hybridized carbons (Fsp3) is 0.762. The molecule has 24 heavy (non-hydrogen) atoms. The Labute approximate surface area is 147 Å². The van der Waals surface area contributed by atoms with Crippen molar-refractivity contribution >= 4 is 5.97 Å². The largest absolute Gasteiger partial charge is 0.459 e. The second-order valence-corrected chi connectivity index (χ2v) is 8.55. The van der Waals surface area contributed by atoms with Gasteiger partial charge in [0.05, 0.1) is 5.60 Å². The van der Waals surface area contributed by atoms with E-state index >= 15 is 0 Å². The molecule has 4 atom stereocenters. The Balaban J connectivity index is 2.27. The summed E-state index contributed by atoms with van der Waals surface area (Å²) in [6, 6.07) is 0. The minimum atomic E-state index is -0.729. The first-order valence-electron chi connectivity index (χ1n) is 9.41. The third kappa shape index (κ3) is 3.77. The van der Waals surface area contributed by atoms with Crippen LogP contribution in [0.2, 0.25) is 0 Å². The van der Waals surface area contributed by atoms with E-state index in [0.717, 1.165) is 31.3 Å². The van der Waals surface area contributed by atoms with Crippen molar-refractivity contribution in [2.75, 3.05) is 0 Å². The number of ether oxygens (including phenoxy) is 1. The molecule has 0 radical (unpaired) electrons. The Morgan fingerprint density at radius 3 is 2.67 bits per heavy atom. The maximum Gasteiger partial charge on any atom is 0.330 e. The number of aliphatic hydroxyl groups is 1. The Kier molecular flexibility index (Phi) is 5.64. The summed E-state index contributed by atoms with van der Waals surface area (Å²) >= 11 is 0. The maximum atomic E-state index is 12.3. The predicted molar refractivity (Wildman–Crippen MR) is 97.5 cm³/mol. The van der Waals surface area contributed by atoms with Crippen LogP contribution in [0.1, 0.15) is 73.6 Å². The van der Waals surface area contributed by atoms with E-state index in [2.05, 4.69) is 26.8 Å². The van der Waals surface area contributed by atoms with Gasteiger partial charge in [0.15, 0.2) is 0 Å². The standard InChI is InChI=1S/C21H34O3/c1-7-15(4)12-19(22)24-18-9-11-21(6,23)17-13-16(14(2)3)8-10-20(17,18)5/h12-14,17-18,23H,7-11H2,1-6H3. The molecule has 4 unspecified atom stereocenters. The monoisotopic (exact) mass is 334 g/mol. The molecule has 3 nitrogen and oxygen atoms in total. The van der Waals surface area contributed by atoms with Gasteiger partial charge in [-0.05, 0) is 51.9 Å². The molecule has 0 heterocycles. The van der Waals surface area contributed by atoms with E-state index in [1.165, 1.54) is 5.57 Å². The fourth-order valence-electron chi connectivity index (χ4n) is 4.37. The summed E-state index contributed by atoms with van der Waals surface area (Å²) in [6.07, 6.45) is 8.02. The van der Waals surface area contributed by atoms with Crippen LogP contribution in [0.3, 0.4) is 0 Å². The summed E-state index contributed by atoms with van der Waals surface area (Å²) < 4.78 is 5.87. The van der Waals surface area contributed by atoms with E-state index < -0.39 is 5.60 Å². The van der Waals surface area contributed by atoms with Gasteiger partial charge in [0.1, 0.15) is 6.10 Å². The molecule has 0 bridgehead atoms. The second-order valence-electron chi connectivity index (χ2n) is 8.55. The van der Waals surface area contributed by atoms with Gasteiger partial charge in [0.2, 0.25) is 0 Å². The molecule has 136 valence electrons. The minimum Gasteiger partial charge on any atom is -0.459 e. The van der Waals surface area contributed by atoms with Crippen molar-refractivity contribution in [1.82, 2.24) is 0 Å². The number of fused-ring (bicyclic) bond motifs is 1. The lowest BCUT2D eigenvalue weighted by Gasteiger charge is -2.54. The van der Waals surface area contributed by atoms with E-state index in [1.54, 1.807) is 6.08 Å². The molecule has 0 aliphatic heterocycles. The first kappa shape index (κ1) is 19.2. The Morgan fingerprint density at radius 1 is 1.42 bits per heavy atom. The normalized spacial score (nSPS) is 37.0. The molecule has 0 amide bonds. The summed E-state index contributed by atoms with van der Waals surface area (Å²) in [6.45, 7) is 12.5. The zero-order valence-corrected chi connectivity index (χ0v) is 16.2. The van der Waals surface area contributed by atoms with E-state index in [1.807, 2.05) is 20.8 Å². The Bertz CT molecular complexity index is 541. The molecule has 0 aromatic rings. The average Bonchev–Trinajstić information content (AvgIpc) is 2.50. The van der Waals surface area contributed by atoms with Gasteiger partial charge in [-0.3, -0.25) is 0 Å². The Hall–Kier alpha value is -1.09. The summed E-state index contributed by atoms with van der Waals surface area (Å²) in [5.41, 5.74) is 1.54. The van der Waals surface area contributed by atoms with Gasteiger partial charge in [-0.15, -0.1) is 0 Å². The third-order valence-electron chi connectivity index (χ3n) is 6.28. The van der Waals surface area contributed by atoms with Crippen molar-refractivity contribution in [2.45, 2.75) is 85.4 Å². The van der Waals surface area contributed by atoms with Crippen LogP contribution in [-0.4, -0.2) is 22.8 Å². The average molecular weight is 335 g/mol. The van der Waals surface area contributed by atoms with Crippen molar-refractivity contribution in [2.24, 2.45) is 17.3 Å². The molecular formula is C21H34O3. The molecule has 2 aliphatic rings. The van der Waals surface area contributed by atoms with Gasteiger partial charge in [-0.2, -0.15) is 0 Å². The molecule has 1 N–H and O–H groups in total. The summed E-state index contributed by atoms with van der Waals surface area (Å²) in [5.74, 6) is 0.307. The third-order valence-corrected chi connectivity index (χ3v) is 6.28. The van der Waals surface area contributed by atoms with Crippen LogP contribution in [-0.2, 0) is 9.53 Å². The van der Waals surface area contributed by atoms with Crippen molar-refractivity contribution in [3.05, 3.63) is 23.3 Å². The van der Waals surface area contributed by atoms with Crippen LogP contribution in [0.25, 0.3) is 0 Å². The van der Waals surface area contributed by atoms with E-state index in [9.17, 15) is 9.90 Å². The molecule has 1 fully saturated rings. The molecular weight excluding hydrogens is 300 g/mol. The smallest absolute Gasteiger partial charge is 0.330 e. The molecule has 1 saturated carbocycles. The van der Waals surface area contributed by atoms with Crippen molar-refractivity contribution in [3.8, 4) is 0 Å². The highest BCUT2D eigenvalue weighted by atomic mass is 16.5. The fourth-order valence-corrected chi connectivity index (χ4v) is 4.37. The number of hydrogen-bond acceptors (Lipinski definition) is 3. The van der Waals surface area contributed by atoms with Crippen molar-refractivity contribution in [1.29, 1.82) is 0 Å². The first-order chi connectivity index (χ1) is 11.1. The molecule has 0 aromatic heterocycles. The van der Waals surface area contributed by atoms with Gasteiger partial charge in [0, 0.05) is 17.4 Å². The molecule has 0 aromatic carbocycles. The van der Waals surface area contributed by atoms with Gasteiger partial charge in [-0.25, -0.2) is 4.79 Å². The number of esters is 1. The number of hydrogen-bond donors (Lipinski definition) is 1. The lowest BCUT2D eigenvalue weighted by Crippen LogP contribution is -2.56. The molecule has 2 aliphatic carbocycles. The molecule has 0 saturated heterocycles. The van der Waals surface area contributed by atoms with Gasteiger partial charge < -0.3 is 9.84 Å². The second kappa shape index (κ2) is 7.03. The zero-order chi connectivity index (χ0) is 18.1. The Morgan fingerprint density at radius 2 is 2.08 bits per heavy atom. The topological polar surface area (TPSA) is 46.5 Å². The maximum absolute atomic E-state index is 12.3. The zero-order valence-electron chi connectivity index (χ0n) is 16.2. The number of allylic oxidation sites excluding steroid dienone is 2. The predicted octanol–water partition coefficient (Wildman–Crippen LogP) is 4.80. The highest BCUT2D eigenvalue weighted by Crippen LogP contribution is 2.54. The van der Waals surface area contributed by atoms with Crippen LogP contribution < -0.4 is 0 Å². The van der Waals surface area contributed by atoms with Gasteiger partial charge in [0.25, 0.3) is 0 Å².